The van der Waals surface area contributed by atoms with Crippen LogP contribution >= 0.6 is 11.3 Å². The van der Waals surface area contributed by atoms with E-state index in [4.69, 9.17) is 4.74 Å². The van der Waals surface area contributed by atoms with Gasteiger partial charge in [-0.25, -0.2) is 5.10 Å². The van der Waals surface area contributed by atoms with Crippen molar-refractivity contribution in [2.24, 2.45) is 0 Å². The van der Waals surface area contributed by atoms with Gasteiger partial charge in [0.2, 0.25) is 5.78 Å². The highest BCUT2D eigenvalue weighted by molar-refractivity contribution is 7.12. The van der Waals surface area contributed by atoms with Crippen LogP contribution in [0, 0.1) is 13.8 Å². The summed E-state index contributed by atoms with van der Waals surface area (Å²) >= 11 is 1.53. The summed E-state index contributed by atoms with van der Waals surface area (Å²) in [5, 5.41) is 7.35. The van der Waals surface area contributed by atoms with Crippen LogP contribution in [0.15, 0.2) is 35.1 Å². The molecule has 0 unspecified atom stereocenters. The number of hydrogen-bond acceptors (Lipinski definition) is 6. The lowest BCUT2D eigenvalue weighted by Crippen LogP contribution is -2.18. The lowest BCUT2D eigenvalue weighted by atomic mass is 10.1. The molecule has 2 heterocycles. The fourth-order valence-electron chi connectivity index (χ4n) is 2.63. The first-order valence-electron chi connectivity index (χ1n) is 7.68. The summed E-state index contributed by atoms with van der Waals surface area (Å²) in [5.74, 6) is -0.794. The highest BCUT2D eigenvalue weighted by atomic mass is 32.1. The number of Topliss-reactive ketones (excluding diaryl/α,β-unsaturated/α-hetero) is 1. The number of aromatic amines is 1. The number of carbonyl (C=O) groups is 2. The molecule has 3 rings (SSSR count). The normalized spacial score (nSPS) is 10.8. The number of aromatic nitrogens is 2. The number of fused-ring (bicyclic) bond motifs is 1. The molecular weight excluding hydrogens is 340 g/mol. The number of aryl methyl sites for hydroxylation is 2. The molecule has 25 heavy (non-hydrogen) atoms. The highest BCUT2D eigenvalue weighted by Crippen LogP contribution is 2.21. The summed E-state index contributed by atoms with van der Waals surface area (Å²) in [6, 6.07) is 8.69. The largest absolute Gasteiger partial charge is 0.457 e. The van der Waals surface area contributed by atoms with Gasteiger partial charge >= 0.3 is 5.97 Å². The van der Waals surface area contributed by atoms with Crippen molar-refractivity contribution in [1.82, 2.24) is 10.2 Å². The van der Waals surface area contributed by atoms with Gasteiger partial charge in [0.25, 0.3) is 5.56 Å². The van der Waals surface area contributed by atoms with Crippen LogP contribution < -0.4 is 5.56 Å². The molecule has 0 bridgehead atoms. The molecule has 0 aliphatic heterocycles. The summed E-state index contributed by atoms with van der Waals surface area (Å²) in [5.41, 5.74) is 0.685. The Hall–Kier alpha value is -2.80. The number of thiophene rings is 1. The number of carbonyl (C=O) groups excluding carboxylic acids is 2. The average molecular weight is 356 g/mol. The minimum absolute atomic E-state index is 0.119. The topological polar surface area (TPSA) is 89.1 Å². The van der Waals surface area contributed by atoms with Crippen LogP contribution in [0.4, 0.5) is 0 Å². The molecule has 0 saturated carbocycles. The van der Waals surface area contributed by atoms with E-state index in [9.17, 15) is 14.4 Å². The molecule has 6 nitrogen and oxygen atoms in total. The van der Waals surface area contributed by atoms with Crippen molar-refractivity contribution in [1.29, 1.82) is 0 Å². The van der Waals surface area contributed by atoms with Crippen LogP contribution in [-0.4, -0.2) is 28.6 Å². The molecule has 2 aromatic heterocycles. The Morgan fingerprint density at radius 2 is 1.92 bits per heavy atom. The quantitative estimate of drug-likeness (QED) is 0.561. The summed E-state index contributed by atoms with van der Waals surface area (Å²) < 4.78 is 5.09. The van der Waals surface area contributed by atoms with Crippen LogP contribution in [0.3, 0.4) is 0 Å². The van der Waals surface area contributed by atoms with Crippen LogP contribution in [0.25, 0.3) is 10.8 Å². The zero-order valence-corrected chi connectivity index (χ0v) is 14.6. The van der Waals surface area contributed by atoms with Gasteiger partial charge in [-0.05, 0) is 26.0 Å². The summed E-state index contributed by atoms with van der Waals surface area (Å²) in [6.07, 6.45) is -0.119. The van der Waals surface area contributed by atoms with Gasteiger partial charge in [-0.15, -0.1) is 11.3 Å². The van der Waals surface area contributed by atoms with E-state index in [1.54, 1.807) is 30.3 Å². The molecule has 0 aliphatic rings. The smallest absolute Gasteiger partial charge is 0.312 e. The number of ether oxygens (including phenoxy) is 1. The average Bonchev–Trinajstić information content (AvgIpc) is 2.94. The minimum Gasteiger partial charge on any atom is -0.457 e. The predicted octanol–water partition coefficient (Wildman–Crippen LogP) is 2.57. The number of ketones is 1. The first kappa shape index (κ1) is 17.0. The third kappa shape index (κ3) is 3.66. The SMILES string of the molecule is Cc1cc(C(=O)COC(=O)Cc2n[nH]c(=O)c3ccccc23)c(C)s1. The Bertz CT molecular complexity index is 1020. The van der Waals surface area contributed by atoms with E-state index in [0.29, 0.717) is 22.0 Å². The van der Waals surface area contributed by atoms with Gasteiger partial charge in [-0.2, -0.15) is 5.10 Å². The van der Waals surface area contributed by atoms with Crippen molar-refractivity contribution < 1.29 is 14.3 Å². The van der Waals surface area contributed by atoms with Crippen LogP contribution in [-0.2, 0) is 16.0 Å². The van der Waals surface area contributed by atoms with Crippen molar-refractivity contribution in [3.8, 4) is 0 Å². The summed E-state index contributed by atoms with van der Waals surface area (Å²) in [4.78, 5) is 37.9. The summed E-state index contributed by atoms with van der Waals surface area (Å²) in [7, 11) is 0. The van der Waals surface area contributed by atoms with Crippen molar-refractivity contribution in [3.05, 3.63) is 61.7 Å². The Morgan fingerprint density at radius 3 is 2.60 bits per heavy atom. The molecule has 0 amide bonds. The minimum atomic E-state index is -0.567. The third-order valence-electron chi connectivity index (χ3n) is 3.79. The fraction of sp³-hybridized carbons (Fsp3) is 0.222. The van der Waals surface area contributed by atoms with E-state index in [1.807, 2.05) is 13.8 Å². The number of nitrogens with zero attached hydrogens (tertiary/aromatic N) is 1. The van der Waals surface area contributed by atoms with E-state index in [1.165, 1.54) is 11.3 Å². The van der Waals surface area contributed by atoms with Crippen LogP contribution in [0.2, 0.25) is 0 Å². The number of hydrogen-bond donors (Lipinski definition) is 1. The second-order valence-electron chi connectivity index (χ2n) is 5.63. The summed E-state index contributed by atoms with van der Waals surface area (Å²) in [6.45, 7) is 3.48. The monoisotopic (exact) mass is 356 g/mol. The van der Waals surface area contributed by atoms with E-state index < -0.39 is 5.97 Å². The van der Waals surface area contributed by atoms with Gasteiger partial charge in [0.05, 0.1) is 17.5 Å². The standard InChI is InChI=1S/C18H16N2O4S/c1-10-7-14(11(2)25-10)16(21)9-24-17(22)8-15-12-5-3-4-6-13(12)18(23)20-19-15/h3-7H,8-9H2,1-2H3,(H,20,23). The molecule has 0 aliphatic carbocycles. The molecule has 128 valence electrons. The third-order valence-corrected chi connectivity index (χ3v) is 4.76. The number of nitrogens with one attached hydrogen (secondary N) is 1. The number of esters is 1. The first-order valence-corrected chi connectivity index (χ1v) is 8.49. The molecule has 0 spiro atoms. The molecule has 7 heteroatoms. The van der Waals surface area contributed by atoms with Gasteiger partial charge < -0.3 is 4.74 Å². The molecule has 3 aromatic rings. The van der Waals surface area contributed by atoms with Gasteiger partial charge in [0.15, 0.2) is 6.61 Å². The maximum atomic E-state index is 12.2. The maximum absolute atomic E-state index is 12.2. The zero-order valence-electron chi connectivity index (χ0n) is 13.8. The second kappa shape index (κ2) is 6.98. The highest BCUT2D eigenvalue weighted by Gasteiger charge is 2.16. The molecule has 1 aromatic carbocycles. The maximum Gasteiger partial charge on any atom is 0.312 e. The number of rotatable bonds is 5. The molecule has 1 N–H and O–H groups in total. The number of H-pyrrole nitrogens is 1. The van der Waals surface area contributed by atoms with Gasteiger partial charge in [-0.3, -0.25) is 14.4 Å². The molecule has 0 fully saturated rings. The Morgan fingerprint density at radius 1 is 1.20 bits per heavy atom. The Balaban J connectivity index is 1.69. The van der Waals surface area contributed by atoms with Crippen LogP contribution in [0.1, 0.15) is 25.8 Å². The van der Waals surface area contributed by atoms with Gasteiger partial charge in [-0.1, -0.05) is 18.2 Å². The van der Waals surface area contributed by atoms with Gasteiger partial charge in [0.1, 0.15) is 0 Å². The van der Waals surface area contributed by atoms with Crippen LogP contribution in [0.5, 0.6) is 0 Å². The predicted molar refractivity (Wildman–Crippen MR) is 95.2 cm³/mol. The van der Waals surface area contributed by atoms with Crippen molar-refractivity contribution >= 4 is 33.9 Å². The van der Waals surface area contributed by atoms with E-state index >= 15 is 0 Å². The molecule has 0 radical (unpaired) electrons. The Labute approximate surface area is 147 Å². The lowest BCUT2D eigenvalue weighted by Gasteiger charge is -2.06. The molecule has 0 saturated heterocycles. The fourth-order valence-corrected chi connectivity index (χ4v) is 3.57. The van der Waals surface area contributed by atoms with E-state index in [0.717, 1.165) is 9.75 Å². The zero-order chi connectivity index (χ0) is 18.0. The lowest BCUT2D eigenvalue weighted by molar-refractivity contribution is -0.141. The second-order valence-corrected chi connectivity index (χ2v) is 7.09. The van der Waals surface area contributed by atoms with E-state index in [-0.39, 0.29) is 24.4 Å². The Kier molecular flexibility index (Phi) is 4.76. The van der Waals surface area contributed by atoms with Gasteiger partial charge in [0, 0.05) is 20.7 Å². The van der Waals surface area contributed by atoms with Crippen molar-refractivity contribution in [2.75, 3.05) is 6.61 Å². The molecular formula is C18H16N2O4S. The van der Waals surface area contributed by atoms with E-state index in [2.05, 4.69) is 10.2 Å². The number of benzene rings is 1. The van der Waals surface area contributed by atoms with Crippen molar-refractivity contribution in [3.63, 3.8) is 0 Å². The molecule has 0 atom stereocenters. The first-order chi connectivity index (χ1) is 12.0. The van der Waals surface area contributed by atoms with Crippen molar-refractivity contribution in [2.45, 2.75) is 20.3 Å².